The molecule has 1 aliphatic rings. The second-order valence-corrected chi connectivity index (χ2v) is 9.06. The van der Waals surface area contributed by atoms with Crippen molar-refractivity contribution < 1.29 is 14.0 Å². The monoisotopic (exact) mass is 461 g/mol. The molecule has 3 aromatic rings. The largest absolute Gasteiger partial charge is 0.342 e. The number of halogens is 1. The molecule has 0 aliphatic heterocycles. The van der Waals surface area contributed by atoms with Crippen LogP contribution in [0, 0.1) is 11.7 Å². The van der Waals surface area contributed by atoms with Gasteiger partial charge in [0.05, 0.1) is 5.69 Å². The summed E-state index contributed by atoms with van der Waals surface area (Å²) in [7, 11) is 0. The van der Waals surface area contributed by atoms with E-state index in [0.717, 1.165) is 47.8 Å². The highest BCUT2D eigenvalue weighted by atomic mass is 19.1. The minimum Gasteiger partial charge on any atom is -0.342 e. The predicted molar refractivity (Wildman–Crippen MR) is 133 cm³/mol. The molecule has 1 aliphatic carbocycles. The number of aryl methyl sites for hydroxylation is 1. The molecule has 1 N–H and O–H groups in total. The number of rotatable bonds is 10. The van der Waals surface area contributed by atoms with Gasteiger partial charge in [-0.1, -0.05) is 6.92 Å². The molecule has 2 amide bonds. The first-order chi connectivity index (χ1) is 16.4. The van der Waals surface area contributed by atoms with Crippen LogP contribution in [-0.2, 0) is 16.0 Å². The highest BCUT2D eigenvalue weighted by Gasteiger charge is 2.26. The van der Waals surface area contributed by atoms with Gasteiger partial charge in [0, 0.05) is 43.5 Å². The van der Waals surface area contributed by atoms with Crippen molar-refractivity contribution in [2.24, 2.45) is 5.92 Å². The van der Waals surface area contributed by atoms with E-state index < -0.39 is 0 Å². The highest BCUT2D eigenvalue weighted by molar-refractivity contribution is 5.88. The number of anilines is 1. The summed E-state index contributed by atoms with van der Waals surface area (Å²) in [6.45, 7) is 5.27. The zero-order chi connectivity index (χ0) is 24.1. The molecule has 2 aromatic carbocycles. The number of hydrogen-bond donors (Lipinski definition) is 1. The van der Waals surface area contributed by atoms with Gasteiger partial charge in [-0.05, 0) is 97.8 Å². The second-order valence-electron chi connectivity index (χ2n) is 9.06. The van der Waals surface area contributed by atoms with Crippen molar-refractivity contribution in [3.05, 3.63) is 72.2 Å². The lowest BCUT2D eigenvalue weighted by Crippen LogP contribution is -2.33. The molecule has 0 unspecified atom stereocenters. The fraction of sp³-hybridized carbons (Fsp3) is 0.357. The minimum atomic E-state index is -0.279. The average molecular weight is 462 g/mol. The molecular formula is C28H32FN3O2. The fourth-order valence-electron chi connectivity index (χ4n) is 4.31. The summed E-state index contributed by atoms with van der Waals surface area (Å²) in [5, 5.41) is 2.79. The zero-order valence-electron chi connectivity index (χ0n) is 19.9. The summed E-state index contributed by atoms with van der Waals surface area (Å²) in [4.78, 5) is 26.4. The Morgan fingerprint density at radius 3 is 2.35 bits per heavy atom. The van der Waals surface area contributed by atoms with Crippen LogP contribution in [0.1, 0.15) is 45.2 Å². The van der Waals surface area contributed by atoms with Gasteiger partial charge in [-0.2, -0.15) is 0 Å². The standard InChI is InChI=1S/C28H32FN3O2/c1-3-18-31(19-21-4-5-21)28(34)17-15-26-14-16-27(22-6-8-23(29)9-7-22)32(26)25-12-10-24(11-13-25)30-20(2)33/h6-14,16,21H,3-5,15,17-19H2,1-2H3,(H,30,33). The average Bonchev–Trinajstić information content (AvgIpc) is 3.54. The number of nitrogens with zero attached hydrogens (tertiary/aromatic N) is 2. The fourth-order valence-corrected chi connectivity index (χ4v) is 4.31. The van der Waals surface area contributed by atoms with Crippen LogP contribution in [0.25, 0.3) is 16.9 Å². The highest BCUT2D eigenvalue weighted by Crippen LogP contribution is 2.31. The third-order valence-corrected chi connectivity index (χ3v) is 6.16. The van der Waals surface area contributed by atoms with Crippen LogP contribution in [0.5, 0.6) is 0 Å². The number of nitrogens with one attached hydrogen (secondary N) is 1. The van der Waals surface area contributed by atoms with Crippen LogP contribution >= 0.6 is 0 Å². The lowest BCUT2D eigenvalue weighted by atomic mass is 10.1. The molecule has 1 saturated carbocycles. The molecule has 34 heavy (non-hydrogen) atoms. The summed E-state index contributed by atoms with van der Waals surface area (Å²) in [6.07, 6.45) is 4.48. The second kappa shape index (κ2) is 10.7. The van der Waals surface area contributed by atoms with Crippen molar-refractivity contribution in [2.75, 3.05) is 18.4 Å². The maximum atomic E-state index is 13.5. The number of carbonyl (C=O) groups is 2. The molecule has 1 heterocycles. The number of carbonyl (C=O) groups excluding carboxylic acids is 2. The van der Waals surface area contributed by atoms with Gasteiger partial charge < -0.3 is 14.8 Å². The van der Waals surface area contributed by atoms with Gasteiger partial charge in [-0.25, -0.2) is 4.39 Å². The van der Waals surface area contributed by atoms with Crippen molar-refractivity contribution in [1.82, 2.24) is 9.47 Å². The first-order valence-corrected chi connectivity index (χ1v) is 12.1. The van der Waals surface area contributed by atoms with Gasteiger partial charge in [0.15, 0.2) is 0 Å². The Hall–Kier alpha value is -3.41. The summed E-state index contributed by atoms with van der Waals surface area (Å²) in [5.41, 5.74) is 4.48. The van der Waals surface area contributed by atoms with Crippen LogP contribution in [0.15, 0.2) is 60.7 Å². The Morgan fingerprint density at radius 2 is 1.74 bits per heavy atom. The molecular weight excluding hydrogens is 429 g/mol. The molecule has 6 heteroatoms. The normalized spacial score (nSPS) is 13.0. The van der Waals surface area contributed by atoms with Gasteiger partial charge in [-0.15, -0.1) is 0 Å². The third-order valence-electron chi connectivity index (χ3n) is 6.16. The van der Waals surface area contributed by atoms with Crippen LogP contribution in [0.3, 0.4) is 0 Å². The van der Waals surface area contributed by atoms with E-state index >= 15 is 0 Å². The predicted octanol–water partition coefficient (Wildman–Crippen LogP) is 5.82. The Kier molecular flexibility index (Phi) is 7.46. The summed E-state index contributed by atoms with van der Waals surface area (Å²) >= 11 is 0. The molecule has 0 spiro atoms. The molecule has 0 radical (unpaired) electrons. The molecule has 4 rings (SSSR count). The van der Waals surface area contributed by atoms with E-state index in [0.29, 0.717) is 18.8 Å². The van der Waals surface area contributed by atoms with E-state index in [4.69, 9.17) is 0 Å². The van der Waals surface area contributed by atoms with Gasteiger partial charge in [0.25, 0.3) is 0 Å². The Balaban J connectivity index is 1.60. The zero-order valence-corrected chi connectivity index (χ0v) is 19.9. The van der Waals surface area contributed by atoms with E-state index in [1.807, 2.05) is 41.3 Å². The van der Waals surface area contributed by atoms with Crippen molar-refractivity contribution in [1.29, 1.82) is 0 Å². The third kappa shape index (κ3) is 5.93. The maximum absolute atomic E-state index is 13.5. The lowest BCUT2D eigenvalue weighted by molar-refractivity contribution is -0.131. The Labute approximate surface area is 200 Å². The lowest BCUT2D eigenvalue weighted by Gasteiger charge is -2.22. The first-order valence-electron chi connectivity index (χ1n) is 12.1. The molecule has 5 nitrogen and oxygen atoms in total. The van der Waals surface area contributed by atoms with Gasteiger partial charge >= 0.3 is 0 Å². The van der Waals surface area contributed by atoms with Crippen LogP contribution in [-0.4, -0.2) is 34.4 Å². The van der Waals surface area contributed by atoms with E-state index in [1.165, 1.54) is 31.9 Å². The smallest absolute Gasteiger partial charge is 0.222 e. The summed E-state index contributed by atoms with van der Waals surface area (Å²) in [5.74, 6) is 0.471. The molecule has 0 bridgehead atoms. The van der Waals surface area contributed by atoms with Crippen molar-refractivity contribution in [2.45, 2.75) is 46.0 Å². The van der Waals surface area contributed by atoms with Crippen LogP contribution in [0.2, 0.25) is 0 Å². The molecule has 0 saturated heterocycles. The molecule has 1 aromatic heterocycles. The number of hydrogen-bond acceptors (Lipinski definition) is 2. The van der Waals surface area contributed by atoms with Crippen molar-refractivity contribution in [3.63, 3.8) is 0 Å². The number of amides is 2. The van der Waals surface area contributed by atoms with Crippen LogP contribution < -0.4 is 5.32 Å². The van der Waals surface area contributed by atoms with Crippen molar-refractivity contribution >= 4 is 17.5 Å². The van der Waals surface area contributed by atoms with Crippen LogP contribution in [0.4, 0.5) is 10.1 Å². The number of aromatic nitrogens is 1. The molecule has 1 fully saturated rings. The van der Waals surface area contributed by atoms with E-state index in [1.54, 1.807) is 12.1 Å². The van der Waals surface area contributed by atoms with Gasteiger partial charge in [0.2, 0.25) is 11.8 Å². The van der Waals surface area contributed by atoms with Gasteiger partial charge in [-0.3, -0.25) is 9.59 Å². The summed E-state index contributed by atoms with van der Waals surface area (Å²) in [6, 6.07) is 18.1. The topological polar surface area (TPSA) is 54.3 Å². The number of benzene rings is 2. The maximum Gasteiger partial charge on any atom is 0.222 e. The van der Waals surface area contributed by atoms with E-state index in [-0.39, 0.29) is 17.6 Å². The Morgan fingerprint density at radius 1 is 1.03 bits per heavy atom. The Bertz CT molecular complexity index is 1130. The minimum absolute atomic E-state index is 0.122. The molecule has 178 valence electrons. The molecule has 0 atom stereocenters. The SMILES string of the molecule is CCCN(CC1CC1)C(=O)CCc1ccc(-c2ccc(F)cc2)n1-c1ccc(NC(C)=O)cc1. The first kappa shape index (κ1) is 23.7. The quantitative estimate of drug-likeness (QED) is 0.413. The van der Waals surface area contributed by atoms with E-state index in [2.05, 4.69) is 16.8 Å². The van der Waals surface area contributed by atoms with E-state index in [9.17, 15) is 14.0 Å². The van der Waals surface area contributed by atoms with Crippen molar-refractivity contribution in [3.8, 4) is 16.9 Å². The summed E-state index contributed by atoms with van der Waals surface area (Å²) < 4.78 is 15.7. The van der Waals surface area contributed by atoms with Gasteiger partial charge in [0.1, 0.15) is 5.82 Å².